The van der Waals surface area contributed by atoms with Gasteiger partial charge in [-0.25, -0.2) is 0 Å². The summed E-state index contributed by atoms with van der Waals surface area (Å²) >= 11 is 0. The van der Waals surface area contributed by atoms with Crippen molar-refractivity contribution in [3.63, 3.8) is 0 Å². The van der Waals surface area contributed by atoms with Crippen LogP contribution in [0.5, 0.6) is 11.5 Å². The summed E-state index contributed by atoms with van der Waals surface area (Å²) in [5.41, 5.74) is 5.63. The number of hydrogen-bond acceptors (Lipinski definition) is 5. The Bertz CT molecular complexity index is 1430. The molecule has 1 amide bonds. The minimum Gasteiger partial charge on any atom is -0.497 e. The Labute approximate surface area is 210 Å². The molecule has 0 bridgehead atoms. The molecular weight excluding hydrogens is 454 g/mol. The molecule has 0 saturated carbocycles. The number of amides is 1. The van der Waals surface area contributed by atoms with Gasteiger partial charge in [0.25, 0.3) is 5.91 Å². The molecule has 4 aromatic rings. The molecule has 2 aromatic carbocycles. The largest absolute Gasteiger partial charge is 0.497 e. The number of hydrogen-bond donors (Lipinski definition) is 1. The second-order valence-corrected chi connectivity index (χ2v) is 8.85. The van der Waals surface area contributed by atoms with E-state index in [1.165, 1.54) is 0 Å². The number of benzene rings is 2. The number of imidazole rings is 1. The number of nitrogens with zero attached hydrogens (tertiary/aromatic N) is 4. The van der Waals surface area contributed by atoms with Gasteiger partial charge in [-0.15, -0.1) is 0 Å². The van der Waals surface area contributed by atoms with Crippen LogP contribution in [-0.4, -0.2) is 46.2 Å². The molecule has 36 heavy (non-hydrogen) atoms. The lowest BCUT2D eigenvalue weighted by atomic mass is 9.99. The molecule has 0 aliphatic carbocycles. The first-order valence-electron chi connectivity index (χ1n) is 11.6. The van der Waals surface area contributed by atoms with Crippen molar-refractivity contribution in [2.45, 2.75) is 20.0 Å². The topological polar surface area (TPSA) is 85.4 Å². The number of nitrogens with one attached hydrogen (secondary N) is 1. The Morgan fingerprint density at radius 1 is 0.972 bits per heavy atom. The van der Waals surface area contributed by atoms with Gasteiger partial charge >= 0.3 is 0 Å². The maximum absolute atomic E-state index is 13.6. The molecule has 2 aromatic heterocycles. The molecule has 0 radical (unpaired) electrons. The minimum atomic E-state index is -0.102. The van der Waals surface area contributed by atoms with Crippen LogP contribution in [0.4, 0.5) is 0 Å². The molecule has 1 N–H and O–H groups in total. The number of methoxy groups -OCH3 is 2. The molecule has 0 aliphatic rings. The molecule has 0 unspecified atom stereocenters. The fourth-order valence-electron chi connectivity index (χ4n) is 4.17. The maximum Gasteiger partial charge on any atom is 0.253 e. The maximum atomic E-state index is 13.6. The number of carbonyl (C=O) groups is 1. The van der Waals surface area contributed by atoms with Crippen LogP contribution in [-0.2, 0) is 20.1 Å². The van der Waals surface area contributed by atoms with E-state index in [1.807, 2.05) is 67.3 Å². The first-order chi connectivity index (χ1) is 17.3. The predicted molar refractivity (Wildman–Crippen MR) is 138 cm³/mol. The molecular formula is C28H31N5O3. The SMILES string of the molecule is COc1cc(CN(C)C(=O)c2cc(Cn3ccn(C)c3=N)cc(-c3ccnc(C)c3)c2)cc(OC)c1. The van der Waals surface area contributed by atoms with Gasteiger partial charge in [0.15, 0.2) is 0 Å². The lowest BCUT2D eigenvalue weighted by Gasteiger charge is -2.20. The third kappa shape index (κ3) is 5.49. The van der Waals surface area contributed by atoms with E-state index in [-0.39, 0.29) is 5.91 Å². The summed E-state index contributed by atoms with van der Waals surface area (Å²) in [7, 11) is 6.83. The van der Waals surface area contributed by atoms with Crippen LogP contribution in [0.2, 0.25) is 0 Å². The van der Waals surface area contributed by atoms with Gasteiger partial charge in [0, 0.05) is 56.6 Å². The zero-order valence-electron chi connectivity index (χ0n) is 21.3. The fourth-order valence-corrected chi connectivity index (χ4v) is 4.17. The number of aryl methyl sites for hydroxylation is 2. The highest BCUT2D eigenvalue weighted by atomic mass is 16.5. The molecule has 0 aliphatic heterocycles. The molecule has 4 rings (SSSR count). The van der Waals surface area contributed by atoms with Gasteiger partial charge in [0.1, 0.15) is 11.5 Å². The number of carbonyl (C=O) groups excluding carboxylic acids is 1. The average Bonchev–Trinajstić information content (AvgIpc) is 3.19. The minimum absolute atomic E-state index is 0.102. The molecule has 8 heteroatoms. The van der Waals surface area contributed by atoms with E-state index in [9.17, 15) is 4.79 Å². The standard InChI is InChI=1S/C28H31N5O3/c1-19-10-22(6-7-30-19)23-11-20(18-33-9-8-31(2)28(33)29)12-24(15-23)27(34)32(3)17-21-13-25(35-4)16-26(14-21)36-5/h6-16,29H,17-18H2,1-5H3. The first-order valence-corrected chi connectivity index (χ1v) is 11.6. The van der Waals surface area contributed by atoms with Crippen molar-refractivity contribution in [1.29, 1.82) is 5.41 Å². The third-order valence-corrected chi connectivity index (χ3v) is 6.08. The Morgan fingerprint density at radius 2 is 1.69 bits per heavy atom. The van der Waals surface area contributed by atoms with Crippen molar-refractivity contribution in [3.05, 3.63) is 95.1 Å². The Kier molecular flexibility index (Phi) is 7.24. The number of aromatic nitrogens is 3. The Hall–Kier alpha value is -4.33. The fraction of sp³-hybridized carbons (Fsp3) is 0.250. The molecule has 186 valence electrons. The van der Waals surface area contributed by atoms with E-state index in [0.717, 1.165) is 27.9 Å². The summed E-state index contributed by atoms with van der Waals surface area (Å²) in [4.78, 5) is 19.6. The van der Waals surface area contributed by atoms with Gasteiger partial charge in [0.05, 0.1) is 20.8 Å². The van der Waals surface area contributed by atoms with Crippen LogP contribution >= 0.6 is 0 Å². The second kappa shape index (κ2) is 10.5. The van der Waals surface area contributed by atoms with Gasteiger partial charge < -0.3 is 23.5 Å². The van der Waals surface area contributed by atoms with Crippen molar-refractivity contribution < 1.29 is 14.3 Å². The normalized spacial score (nSPS) is 10.8. The van der Waals surface area contributed by atoms with Crippen LogP contribution in [0, 0.1) is 12.3 Å². The summed E-state index contributed by atoms with van der Waals surface area (Å²) in [5, 5.41) is 8.29. The van der Waals surface area contributed by atoms with E-state index in [2.05, 4.69) is 11.1 Å². The lowest BCUT2D eigenvalue weighted by molar-refractivity contribution is 0.0784. The molecule has 0 saturated heterocycles. The van der Waals surface area contributed by atoms with Crippen molar-refractivity contribution in [2.75, 3.05) is 21.3 Å². The highest BCUT2D eigenvalue weighted by Gasteiger charge is 2.16. The average molecular weight is 486 g/mol. The molecule has 0 atom stereocenters. The third-order valence-electron chi connectivity index (χ3n) is 6.08. The zero-order chi connectivity index (χ0) is 25.8. The first kappa shape index (κ1) is 24.8. The summed E-state index contributed by atoms with van der Waals surface area (Å²) < 4.78 is 14.3. The van der Waals surface area contributed by atoms with Crippen LogP contribution in [0.25, 0.3) is 11.1 Å². The summed E-state index contributed by atoms with van der Waals surface area (Å²) in [5.74, 6) is 1.25. The van der Waals surface area contributed by atoms with Crippen molar-refractivity contribution >= 4 is 5.91 Å². The van der Waals surface area contributed by atoms with Gasteiger partial charge in [0.2, 0.25) is 5.62 Å². The van der Waals surface area contributed by atoms with Crippen molar-refractivity contribution in [1.82, 2.24) is 19.0 Å². The van der Waals surface area contributed by atoms with Crippen LogP contribution < -0.4 is 15.1 Å². The highest BCUT2D eigenvalue weighted by Crippen LogP contribution is 2.26. The molecule has 0 fully saturated rings. The quantitative estimate of drug-likeness (QED) is 0.409. The van der Waals surface area contributed by atoms with Gasteiger partial charge in [-0.05, 0) is 71.6 Å². The Balaban J connectivity index is 1.69. The number of rotatable bonds is 8. The molecule has 2 heterocycles. The number of pyridine rings is 1. The van der Waals surface area contributed by atoms with E-state index >= 15 is 0 Å². The van der Waals surface area contributed by atoms with Gasteiger partial charge in [-0.3, -0.25) is 15.2 Å². The lowest BCUT2D eigenvalue weighted by Crippen LogP contribution is -2.26. The van der Waals surface area contributed by atoms with E-state index in [4.69, 9.17) is 14.9 Å². The van der Waals surface area contributed by atoms with E-state index < -0.39 is 0 Å². The van der Waals surface area contributed by atoms with E-state index in [1.54, 1.807) is 43.0 Å². The summed E-state index contributed by atoms with van der Waals surface area (Å²) in [6.45, 7) is 2.82. The number of ether oxygens (including phenoxy) is 2. The summed E-state index contributed by atoms with van der Waals surface area (Å²) in [6.07, 6.45) is 5.49. The van der Waals surface area contributed by atoms with Gasteiger partial charge in [-0.2, -0.15) is 0 Å². The monoisotopic (exact) mass is 485 g/mol. The van der Waals surface area contributed by atoms with Crippen LogP contribution in [0.15, 0.2) is 67.1 Å². The van der Waals surface area contributed by atoms with Gasteiger partial charge in [-0.1, -0.05) is 0 Å². The van der Waals surface area contributed by atoms with Crippen molar-refractivity contribution in [3.8, 4) is 22.6 Å². The molecule has 0 spiro atoms. The molecule has 8 nitrogen and oxygen atoms in total. The van der Waals surface area contributed by atoms with Crippen LogP contribution in [0.3, 0.4) is 0 Å². The zero-order valence-corrected chi connectivity index (χ0v) is 21.3. The van der Waals surface area contributed by atoms with E-state index in [0.29, 0.717) is 35.8 Å². The highest BCUT2D eigenvalue weighted by molar-refractivity contribution is 5.95. The predicted octanol–water partition coefficient (Wildman–Crippen LogP) is 4.01. The second-order valence-electron chi connectivity index (χ2n) is 8.85. The smallest absolute Gasteiger partial charge is 0.253 e. The van der Waals surface area contributed by atoms with Crippen LogP contribution in [0.1, 0.15) is 27.2 Å². The van der Waals surface area contributed by atoms with Crippen molar-refractivity contribution in [2.24, 2.45) is 7.05 Å². The Morgan fingerprint density at radius 3 is 2.31 bits per heavy atom. The summed E-state index contributed by atoms with van der Waals surface area (Å²) in [6, 6.07) is 15.4.